The Balaban J connectivity index is 1.38. The Bertz CT molecular complexity index is 1590. The number of pyridine rings is 1. The van der Waals surface area contributed by atoms with Crippen LogP contribution in [0.1, 0.15) is 18.9 Å². The van der Waals surface area contributed by atoms with E-state index < -0.39 is 9.84 Å². The lowest BCUT2D eigenvalue weighted by molar-refractivity contribution is -0.142. The summed E-state index contributed by atoms with van der Waals surface area (Å²) in [4.78, 5) is 39.0. The molecule has 2 aromatic heterocycles. The van der Waals surface area contributed by atoms with Gasteiger partial charge in [-0.3, -0.25) is 19.5 Å². The molecule has 4 aromatic rings. The maximum Gasteiger partial charge on any atom is 0.233 e. The number of sulfone groups is 1. The van der Waals surface area contributed by atoms with Gasteiger partial charge in [0.1, 0.15) is 17.2 Å². The smallest absolute Gasteiger partial charge is 0.233 e. The van der Waals surface area contributed by atoms with E-state index >= 15 is 0 Å². The van der Waals surface area contributed by atoms with Crippen LogP contribution in [-0.2, 0) is 26.0 Å². The van der Waals surface area contributed by atoms with Gasteiger partial charge in [0.25, 0.3) is 0 Å². The summed E-state index contributed by atoms with van der Waals surface area (Å²) < 4.78 is 30.4. The quantitative estimate of drug-likeness (QED) is 0.382. The monoisotopic (exact) mass is 502 g/mol. The highest BCUT2D eigenvalue weighted by atomic mass is 32.2. The fraction of sp³-hybridized carbons (Fsp3) is 0.231. The number of nitrogens with one attached hydrogen (secondary N) is 1. The van der Waals surface area contributed by atoms with Crippen molar-refractivity contribution in [3.05, 3.63) is 66.4 Å². The van der Waals surface area contributed by atoms with Gasteiger partial charge in [-0.05, 0) is 48.9 Å². The van der Waals surface area contributed by atoms with E-state index in [-0.39, 0.29) is 40.8 Å². The van der Waals surface area contributed by atoms with Crippen molar-refractivity contribution in [3.8, 4) is 23.0 Å². The van der Waals surface area contributed by atoms with E-state index in [1.54, 1.807) is 31.3 Å². The summed E-state index contributed by atoms with van der Waals surface area (Å²) in [5, 5.41) is 0. The summed E-state index contributed by atoms with van der Waals surface area (Å²) in [6.07, 6.45) is 2.32. The number of carbonyl (C=O) groups excluding carboxylic acids is 2. The van der Waals surface area contributed by atoms with Gasteiger partial charge < -0.3 is 9.72 Å². The number of carbonyl (C=O) groups is 2. The molecular formula is C26H22N4O5S. The molecule has 3 heterocycles. The van der Waals surface area contributed by atoms with Crippen LogP contribution in [0.25, 0.3) is 22.6 Å². The average molecular weight is 503 g/mol. The van der Waals surface area contributed by atoms with Gasteiger partial charge in [-0.15, -0.1) is 0 Å². The number of rotatable bonds is 7. The highest BCUT2D eigenvalue weighted by molar-refractivity contribution is 7.91. The lowest BCUT2D eigenvalue weighted by atomic mass is 10.1. The number of imidazole rings is 1. The molecule has 2 atom stereocenters. The van der Waals surface area contributed by atoms with Crippen LogP contribution >= 0.6 is 0 Å². The molecule has 0 spiro atoms. The van der Waals surface area contributed by atoms with E-state index in [1.807, 2.05) is 24.3 Å². The SMILES string of the molecule is CCS(=O)(=O)c1ccc(Oc2cc3nc(-c4ccccn4)[nH]c3cc2CN2C(=O)C3CC3C2=O)cc1. The Hall–Kier alpha value is -4.05. The van der Waals surface area contributed by atoms with Gasteiger partial charge in [-0.1, -0.05) is 13.0 Å². The van der Waals surface area contributed by atoms with Crippen LogP contribution in [0.2, 0.25) is 0 Å². The Morgan fingerprint density at radius 1 is 1.06 bits per heavy atom. The summed E-state index contributed by atoms with van der Waals surface area (Å²) in [6.45, 7) is 1.67. The van der Waals surface area contributed by atoms with Crippen molar-refractivity contribution in [2.75, 3.05) is 5.75 Å². The zero-order valence-corrected chi connectivity index (χ0v) is 20.2. The Labute approximate surface area is 207 Å². The number of imide groups is 1. The molecule has 1 aliphatic carbocycles. The molecule has 10 heteroatoms. The number of aromatic nitrogens is 3. The van der Waals surface area contributed by atoms with Gasteiger partial charge >= 0.3 is 0 Å². The summed E-state index contributed by atoms with van der Waals surface area (Å²) in [5.74, 6) is 0.751. The van der Waals surface area contributed by atoms with Crippen LogP contribution < -0.4 is 4.74 Å². The van der Waals surface area contributed by atoms with Gasteiger partial charge in [0, 0.05) is 17.8 Å². The zero-order valence-electron chi connectivity index (χ0n) is 19.3. The summed E-state index contributed by atoms with van der Waals surface area (Å²) in [5.41, 5.74) is 2.65. The van der Waals surface area contributed by atoms with Crippen molar-refractivity contribution in [3.63, 3.8) is 0 Å². The topological polar surface area (TPSA) is 122 Å². The van der Waals surface area contributed by atoms with E-state index in [9.17, 15) is 18.0 Å². The van der Waals surface area contributed by atoms with Crippen molar-refractivity contribution in [2.45, 2.75) is 24.8 Å². The molecule has 2 aliphatic rings. The van der Waals surface area contributed by atoms with Crippen LogP contribution in [0.4, 0.5) is 0 Å². The first kappa shape index (κ1) is 22.4. The molecule has 2 fully saturated rings. The number of piperidine rings is 1. The van der Waals surface area contributed by atoms with Crippen LogP contribution in [0, 0.1) is 11.8 Å². The molecular weight excluding hydrogens is 480 g/mol. The summed E-state index contributed by atoms with van der Waals surface area (Å²) in [7, 11) is -3.33. The van der Waals surface area contributed by atoms with Crippen molar-refractivity contribution >= 4 is 32.7 Å². The molecule has 2 amide bonds. The minimum atomic E-state index is -3.33. The molecule has 1 saturated heterocycles. The van der Waals surface area contributed by atoms with Crippen LogP contribution in [0.5, 0.6) is 11.5 Å². The third-order valence-electron chi connectivity index (χ3n) is 6.65. The predicted molar refractivity (Wildman–Crippen MR) is 131 cm³/mol. The number of amides is 2. The molecule has 0 radical (unpaired) electrons. The average Bonchev–Trinajstić information content (AvgIpc) is 3.53. The van der Waals surface area contributed by atoms with Crippen molar-refractivity contribution in [1.82, 2.24) is 19.9 Å². The Morgan fingerprint density at radius 2 is 1.81 bits per heavy atom. The van der Waals surface area contributed by atoms with Crippen LogP contribution in [0.3, 0.4) is 0 Å². The number of hydrogen-bond acceptors (Lipinski definition) is 7. The molecule has 1 aliphatic heterocycles. The second-order valence-corrected chi connectivity index (χ2v) is 11.2. The Morgan fingerprint density at radius 3 is 2.47 bits per heavy atom. The number of likely N-dealkylation sites (tertiary alicyclic amines) is 1. The molecule has 0 bridgehead atoms. The highest BCUT2D eigenvalue weighted by Gasteiger charge is 2.58. The van der Waals surface area contributed by atoms with Crippen LogP contribution in [0.15, 0.2) is 65.7 Å². The third-order valence-corrected chi connectivity index (χ3v) is 8.40. The molecule has 1 saturated carbocycles. The normalized spacial score (nSPS) is 19.1. The Kier molecular flexibility index (Phi) is 5.15. The van der Waals surface area contributed by atoms with E-state index in [2.05, 4.69) is 15.0 Å². The van der Waals surface area contributed by atoms with Gasteiger partial charge in [-0.2, -0.15) is 0 Å². The van der Waals surface area contributed by atoms with Crippen molar-refractivity contribution in [2.24, 2.45) is 11.8 Å². The highest BCUT2D eigenvalue weighted by Crippen LogP contribution is 2.48. The number of nitrogens with zero attached hydrogens (tertiary/aromatic N) is 3. The van der Waals surface area contributed by atoms with E-state index in [0.29, 0.717) is 46.0 Å². The molecule has 2 aromatic carbocycles. The van der Waals surface area contributed by atoms with Gasteiger partial charge in [-0.25, -0.2) is 13.4 Å². The number of fused-ring (bicyclic) bond motifs is 2. The lowest BCUT2D eigenvalue weighted by Gasteiger charge is -2.19. The number of hydrogen-bond donors (Lipinski definition) is 1. The van der Waals surface area contributed by atoms with E-state index in [4.69, 9.17) is 4.74 Å². The fourth-order valence-electron chi connectivity index (χ4n) is 4.51. The van der Waals surface area contributed by atoms with Crippen molar-refractivity contribution < 1.29 is 22.7 Å². The lowest BCUT2D eigenvalue weighted by Crippen LogP contribution is -2.32. The summed E-state index contributed by atoms with van der Waals surface area (Å²) >= 11 is 0. The first-order valence-electron chi connectivity index (χ1n) is 11.6. The molecule has 2 unspecified atom stereocenters. The van der Waals surface area contributed by atoms with Crippen LogP contribution in [-0.4, -0.2) is 45.8 Å². The maximum absolute atomic E-state index is 12.6. The molecule has 36 heavy (non-hydrogen) atoms. The van der Waals surface area contributed by atoms with E-state index in [0.717, 1.165) is 0 Å². The first-order chi connectivity index (χ1) is 17.3. The largest absolute Gasteiger partial charge is 0.457 e. The van der Waals surface area contributed by atoms with Crippen molar-refractivity contribution in [1.29, 1.82) is 0 Å². The number of aromatic amines is 1. The van der Waals surface area contributed by atoms with Gasteiger partial charge in [0.05, 0.1) is 40.1 Å². The zero-order chi connectivity index (χ0) is 25.0. The minimum absolute atomic E-state index is 0.00562. The number of H-pyrrole nitrogens is 1. The van der Waals surface area contributed by atoms with Gasteiger partial charge in [0.15, 0.2) is 15.7 Å². The fourth-order valence-corrected chi connectivity index (χ4v) is 5.39. The first-order valence-corrected chi connectivity index (χ1v) is 13.3. The summed E-state index contributed by atoms with van der Waals surface area (Å²) in [6, 6.07) is 15.3. The molecule has 1 N–H and O–H groups in total. The molecule has 182 valence electrons. The molecule has 6 rings (SSSR count). The number of benzene rings is 2. The molecule has 9 nitrogen and oxygen atoms in total. The standard InChI is InChI=1S/C26H22N4O5S/c1-2-36(33,34)17-8-6-16(7-9-17)35-23-13-22-21(28-24(29-22)20-5-3-4-10-27-20)11-15(23)14-30-25(31)18-12-19(18)26(30)32/h3-11,13,18-19H,2,12,14H2,1H3,(H,28,29). The number of ether oxygens (including phenoxy) is 1. The van der Waals surface area contributed by atoms with E-state index in [1.165, 1.54) is 17.0 Å². The maximum atomic E-state index is 12.6. The van der Waals surface area contributed by atoms with Gasteiger partial charge in [0.2, 0.25) is 11.8 Å². The minimum Gasteiger partial charge on any atom is -0.457 e. The second kappa shape index (κ2) is 8.27. The third kappa shape index (κ3) is 3.83. The predicted octanol–water partition coefficient (Wildman–Crippen LogP) is 3.72. The second-order valence-electron chi connectivity index (χ2n) is 8.97.